The fourth-order valence-electron chi connectivity index (χ4n) is 4.06. The highest BCUT2D eigenvalue weighted by Gasteiger charge is 2.40. The lowest BCUT2D eigenvalue weighted by atomic mass is 9.84. The van der Waals surface area contributed by atoms with E-state index in [1.165, 1.54) is 0 Å². The first kappa shape index (κ1) is 24.3. The van der Waals surface area contributed by atoms with Crippen molar-refractivity contribution in [2.24, 2.45) is 11.1 Å². The molecule has 180 valence electrons. The third kappa shape index (κ3) is 5.98. The number of carbonyl (C=O) groups is 2. The van der Waals surface area contributed by atoms with Crippen molar-refractivity contribution in [1.29, 1.82) is 0 Å². The number of nitrogens with zero attached hydrogens (tertiary/aromatic N) is 2. The highest BCUT2D eigenvalue weighted by Crippen LogP contribution is 2.31. The maximum atomic E-state index is 13.9. The van der Waals surface area contributed by atoms with Crippen molar-refractivity contribution < 1.29 is 19.2 Å². The number of carbonyl (C=O) groups excluding carboxylic acids is 2. The molecule has 2 aliphatic rings. The van der Waals surface area contributed by atoms with E-state index >= 15 is 0 Å². The Morgan fingerprint density at radius 3 is 2.41 bits per heavy atom. The van der Waals surface area contributed by atoms with Gasteiger partial charge in [0, 0.05) is 23.0 Å². The Morgan fingerprint density at radius 1 is 1.12 bits per heavy atom. The van der Waals surface area contributed by atoms with Crippen LogP contribution in [0.15, 0.2) is 59.8 Å². The molecule has 0 bridgehead atoms. The molecule has 1 aliphatic heterocycles. The largest absolute Gasteiger partial charge is 0.446 e. The Hall–Kier alpha value is -2.86. The molecule has 4 rings (SSSR count). The first-order valence-electron chi connectivity index (χ1n) is 11.7. The monoisotopic (exact) mass is 482 g/mol. The van der Waals surface area contributed by atoms with Crippen LogP contribution in [0.2, 0.25) is 5.02 Å². The predicted molar refractivity (Wildman–Crippen MR) is 132 cm³/mol. The van der Waals surface area contributed by atoms with E-state index in [1.807, 2.05) is 63.2 Å². The lowest BCUT2D eigenvalue weighted by molar-refractivity contribution is -0.115. The minimum absolute atomic E-state index is 0.0232. The standard InChI is InChI=1S/C27H31ClN2O4/c1-27(2,3)30(26(32)34-22-13-14-22)16-23(19-9-11-21(28)12-10-19)25(31)24-20(17-33-29-24)15-18-7-5-4-6-8-18/h4-12,20,22-23H,13-17H2,1-3H3/t20-,23+/m0/s1. The van der Waals surface area contributed by atoms with Gasteiger partial charge in [0.1, 0.15) is 18.4 Å². The average Bonchev–Trinajstić information content (AvgIpc) is 3.49. The lowest BCUT2D eigenvalue weighted by Gasteiger charge is -2.37. The second kappa shape index (κ2) is 10.2. The molecule has 0 spiro atoms. The summed E-state index contributed by atoms with van der Waals surface area (Å²) in [5, 5.41) is 4.74. The highest BCUT2D eigenvalue weighted by atomic mass is 35.5. The van der Waals surface area contributed by atoms with Gasteiger partial charge in [-0.2, -0.15) is 0 Å². The zero-order valence-electron chi connectivity index (χ0n) is 19.9. The van der Waals surface area contributed by atoms with Crippen LogP contribution in [0.25, 0.3) is 0 Å². The molecular formula is C27H31ClN2O4. The number of Topliss-reactive ketones (excluding diaryl/α,β-unsaturated/α-hetero) is 1. The van der Waals surface area contributed by atoms with E-state index in [2.05, 4.69) is 5.16 Å². The fourth-order valence-corrected chi connectivity index (χ4v) is 4.19. The van der Waals surface area contributed by atoms with E-state index < -0.39 is 17.6 Å². The van der Waals surface area contributed by atoms with Gasteiger partial charge in [-0.25, -0.2) is 4.79 Å². The summed E-state index contributed by atoms with van der Waals surface area (Å²) in [4.78, 5) is 34.0. The van der Waals surface area contributed by atoms with Crippen molar-refractivity contribution in [2.45, 2.75) is 57.6 Å². The second-order valence-electron chi connectivity index (χ2n) is 9.99. The normalized spacial score (nSPS) is 18.6. The third-order valence-corrected chi connectivity index (χ3v) is 6.43. The number of hydrogen-bond donors (Lipinski definition) is 0. The van der Waals surface area contributed by atoms with E-state index in [0.717, 1.165) is 24.0 Å². The minimum Gasteiger partial charge on any atom is -0.446 e. The molecule has 0 unspecified atom stereocenters. The molecule has 0 N–H and O–H groups in total. The number of rotatable bonds is 8. The molecule has 1 fully saturated rings. The van der Waals surface area contributed by atoms with Crippen molar-refractivity contribution in [2.75, 3.05) is 13.2 Å². The van der Waals surface area contributed by atoms with Crippen molar-refractivity contribution in [3.63, 3.8) is 0 Å². The number of oxime groups is 1. The van der Waals surface area contributed by atoms with Crippen LogP contribution >= 0.6 is 11.6 Å². The van der Waals surface area contributed by atoms with Crippen LogP contribution in [0.1, 0.15) is 50.7 Å². The van der Waals surface area contributed by atoms with Gasteiger partial charge >= 0.3 is 6.09 Å². The summed E-state index contributed by atoms with van der Waals surface area (Å²) >= 11 is 6.12. The van der Waals surface area contributed by atoms with E-state index in [-0.39, 0.29) is 24.3 Å². The molecule has 2 aromatic rings. The van der Waals surface area contributed by atoms with Gasteiger partial charge in [0.15, 0.2) is 5.78 Å². The molecule has 2 atom stereocenters. The first-order valence-corrected chi connectivity index (χ1v) is 12.1. The number of halogens is 1. The summed E-state index contributed by atoms with van der Waals surface area (Å²) < 4.78 is 5.61. The van der Waals surface area contributed by atoms with Crippen molar-refractivity contribution >= 4 is 29.2 Å². The molecule has 1 saturated carbocycles. The van der Waals surface area contributed by atoms with E-state index in [1.54, 1.807) is 17.0 Å². The van der Waals surface area contributed by atoms with Gasteiger partial charge in [0.2, 0.25) is 0 Å². The van der Waals surface area contributed by atoms with Gasteiger partial charge in [-0.05, 0) is 63.3 Å². The summed E-state index contributed by atoms with van der Waals surface area (Å²) in [6, 6.07) is 17.2. The molecule has 7 heteroatoms. The Bertz CT molecular complexity index is 1040. The van der Waals surface area contributed by atoms with Crippen LogP contribution in [0, 0.1) is 5.92 Å². The van der Waals surface area contributed by atoms with Crippen LogP contribution in [0.5, 0.6) is 0 Å². The van der Waals surface area contributed by atoms with Crippen LogP contribution in [0.3, 0.4) is 0 Å². The minimum atomic E-state index is -0.623. The zero-order chi connectivity index (χ0) is 24.3. The molecule has 6 nitrogen and oxygen atoms in total. The summed E-state index contributed by atoms with van der Waals surface area (Å²) in [5.74, 6) is -0.914. The molecule has 2 aromatic carbocycles. The molecule has 0 radical (unpaired) electrons. The van der Waals surface area contributed by atoms with Crippen molar-refractivity contribution in [1.82, 2.24) is 4.90 Å². The van der Waals surface area contributed by atoms with Gasteiger partial charge in [-0.3, -0.25) is 4.79 Å². The van der Waals surface area contributed by atoms with Crippen LogP contribution < -0.4 is 0 Å². The predicted octanol–water partition coefficient (Wildman–Crippen LogP) is 5.64. The fraction of sp³-hybridized carbons (Fsp3) is 0.444. The third-order valence-electron chi connectivity index (χ3n) is 6.18. The summed E-state index contributed by atoms with van der Waals surface area (Å²) in [5.41, 5.74) is 1.77. The molecule has 34 heavy (non-hydrogen) atoms. The van der Waals surface area contributed by atoms with E-state index in [0.29, 0.717) is 23.8 Å². The number of benzene rings is 2. The quantitative estimate of drug-likeness (QED) is 0.488. The van der Waals surface area contributed by atoms with E-state index in [9.17, 15) is 9.59 Å². The number of ketones is 1. The molecule has 0 saturated heterocycles. The smallest absolute Gasteiger partial charge is 0.410 e. The van der Waals surface area contributed by atoms with Gasteiger partial charge in [-0.15, -0.1) is 0 Å². The van der Waals surface area contributed by atoms with Crippen LogP contribution in [-0.4, -0.2) is 47.3 Å². The maximum Gasteiger partial charge on any atom is 0.410 e. The van der Waals surface area contributed by atoms with Crippen LogP contribution in [-0.2, 0) is 20.8 Å². The van der Waals surface area contributed by atoms with E-state index in [4.69, 9.17) is 21.2 Å². The van der Waals surface area contributed by atoms with Gasteiger partial charge < -0.3 is 14.5 Å². The molecule has 1 aliphatic carbocycles. The van der Waals surface area contributed by atoms with Gasteiger partial charge in [0.05, 0.1) is 5.92 Å². The lowest BCUT2D eigenvalue weighted by Crippen LogP contribution is -2.49. The SMILES string of the molecule is CC(C)(C)N(C[C@@H](C(=O)C1=NOC[C@@H]1Cc1ccccc1)c1ccc(Cl)cc1)C(=O)OC1CC1. The van der Waals surface area contributed by atoms with Gasteiger partial charge in [-0.1, -0.05) is 59.2 Å². The maximum absolute atomic E-state index is 13.9. The summed E-state index contributed by atoms with van der Waals surface area (Å²) in [7, 11) is 0. The van der Waals surface area contributed by atoms with Crippen molar-refractivity contribution in [3.8, 4) is 0 Å². The highest BCUT2D eigenvalue weighted by molar-refractivity contribution is 6.42. The average molecular weight is 483 g/mol. The molecule has 0 aromatic heterocycles. The number of hydrogen-bond acceptors (Lipinski definition) is 5. The van der Waals surface area contributed by atoms with Crippen molar-refractivity contribution in [3.05, 3.63) is 70.7 Å². The Labute approximate surface area is 205 Å². The molecule has 1 heterocycles. The second-order valence-corrected chi connectivity index (χ2v) is 10.4. The zero-order valence-corrected chi connectivity index (χ0v) is 20.6. The van der Waals surface area contributed by atoms with Crippen LogP contribution in [0.4, 0.5) is 4.79 Å². The summed E-state index contributed by atoms with van der Waals surface area (Å²) in [6.07, 6.45) is 2.01. The Balaban J connectivity index is 1.61. The Morgan fingerprint density at radius 2 is 1.79 bits per heavy atom. The first-order chi connectivity index (χ1) is 16.2. The summed E-state index contributed by atoms with van der Waals surface area (Å²) in [6.45, 7) is 6.36. The van der Waals surface area contributed by atoms with Gasteiger partial charge in [0.25, 0.3) is 0 Å². The number of ether oxygens (including phenoxy) is 1. The Kier molecular flexibility index (Phi) is 7.27. The molecule has 1 amide bonds. The topological polar surface area (TPSA) is 68.2 Å². The molecular weight excluding hydrogens is 452 g/mol. The number of amides is 1.